The largest absolute Gasteiger partial charge is 0.353 e. The molecule has 0 radical (unpaired) electrons. The van der Waals surface area contributed by atoms with Crippen LogP contribution in [0.4, 0.5) is 0 Å². The van der Waals surface area contributed by atoms with Crippen LogP contribution in [-0.2, 0) is 4.79 Å². The number of carbonyl (C=O) groups is 1. The first-order valence-electron chi connectivity index (χ1n) is 5.64. The van der Waals surface area contributed by atoms with Gasteiger partial charge in [-0.2, -0.15) is 0 Å². The molecule has 0 aliphatic heterocycles. The van der Waals surface area contributed by atoms with Crippen LogP contribution in [0, 0.1) is 0 Å². The minimum absolute atomic E-state index is 0.109. The summed E-state index contributed by atoms with van der Waals surface area (Å²) >= 11 is 1.48. The molecule has 0 aromatic carbocycles. The number of amides is 1. The molecule has 0 spiro atoms. The molecule has 16 heavy (non-hydrogen) atoms. The summed E-state index contributed by atoms with van der Waals surface area (Å²) in [5.41, 5.74) is 0. The van der Waals surface area contributed by atoms with Crippen molar-refractivity contribution in [1.29, 1.82) is 0 Å². The number of hydrogen-bond acceptors (Lipinski definition) is 4. The van der Waals surface area contributed by atoms with E-state index in [0.717, 1.165) is 18.0 Å². The molecule has 6 heteroatoms. The second-order valence-corrected chi connectivity index (χ2v) is 5.32. The van der Waals surface area contributed by atoms with E-state index in [2.05, 4.69) is 20.1 Å². The molecule has 0 saturated heterocycles. The predicted octanol–water partition coefficient (Wildman–Crippen LogP) is 0.984. The zero-order valence-electron chi connectivity index (χ0n) is 8.93. The van der Waals surface area contributed by atoms with Crippen molar-refractivity contribution < 1.29 is 4.79 Å². The van der Waals surface area contributed by atoms with Gasteiger partial charge in [-0.1, -0.05) is 11.8 Å². The third kappa shape index (κ3) is 2.37. The van der Waals surface area contributed by atoms with E-state index in [9.17, 15) is 4.79 Å². The van der Waals surface area contributed by atoms with Crippen LogP contribution >= 0.6 is 11.8 Å². The number of hydrogen-bond donors (Lipinski definition) is 1. The van der Waals surface area contributed by atoms with Gasteiger partial charge < -0.3 is 9.88 Å². The normalized spacial score (nSPS) is 19.8. The topological polar surface area (TPSA) is 59.8 Å². The average molecular weight is 238 g/mol. The van der Waals surface area contributed by atoms with E-state index in [-0.39, 0.29) is 5.91 Å². The predicted molar refractivity (Wildman–Crippen MR) is 60.2 cm³/mol. The zero-order valence-corrected chi connectivity index (χ0v) is 9.74. The summed E-state index contributed by atoms with van der Waals surface area (Å²) < 4.78 is 2.08. The lowest BCUT2D eigenvalue weighted by Gasteiger charge is -2.04. The van der Waals surface area contributed by atoms with Crippen molar-refractivity contribution in [2.75, 3.05) is 5.75 Å². The van der Waals surface area contributed by atoms with Crippen LogP contribution in [0.25, 0.3) is 0 Å². The van der Waals surface area contributed by atoms with Gasteiger partial charge in [-0.15, -0.1) is 10.2 Å². The van der Waals surface area contributed by atoms with Gasteiger partial charge in [-0.3, -0.25) is 4.79 Å². The summed E-state index contributed by atoms with van der Waals surface area (Å²) in [7, 11) is 0. The lowest BCUT2D eigenvalue weighted by Crippen LogP contribution is -2.27. The van der Waals surface area contributed by atoms with E-state index < -0.39 is 0 Å². The van der Waals surface area contributed by atoms with Gasteiger partial charge in [0, 0.05) is 12.1 Å². The maximum Gasteiger partial charge on any atom is 0.230 e. The molecular formula is C10H14N4OS. The molecule has 3 rings (SSSR count). The summed E-state index contributed by atoms with van der Waals surface area (Å²) in [4.78, 5) is 11.5. The van der Waals surface area contributed by atoms with E-state index >= 15 is 0 Å². The van der Waals surface area contributed by atoms with E-state index in [1.165, 1.54) is 24.6 Å². The van der Waals surface area contributed by atoms with Crippen molar-refractivity contribution in [1.82, 2.24) is 20.1 Å². The van der Waals surface area contributed by atoms with Crippen LogP contribution < -0.4 is 5.32 Å². The first kappa shape index (κ1) is 10.1. The Morgan fingerprint density at radius 2 is 2.31 bits per heavy atom. The fourth-order valence-corrected chi connectivity index (χ4v) is 2.36. The molecule has 2 aliphatic carbocycles. The number of aromatic nitrogens is 3. The lowest BCUT2D eigenvalue weighted by molar-refractivity contribution is -0.118. The summed E-state index contributed by atoms with van der Waals surface area (Å²) in [6, 6.07) is 1.01. The van der Waals surface area contributed by atoms with Crippen LogP contribution in [0.3, 0.4) is 0 Å². The minimum atomic E-state index is 0.109. The van der Waals surface area contributed by atoms with Gasteiger partial charge in [0.15, 0.2) is 5.16 Å². The molecule has 1 aromatic heterocycles. The fraction of sp³-hybridized carbons (Fsp3) is 0.700. The van der Waals surface area contributed by atoms with Crippen molar-refractivity contribution in [2.45, 2.75) is 42.9 Å². The van der Waals surface area contributed by atoms with Crippen molar-refractivity contribution in [3.63, 3.8) is 0 Å². The van der Waals surface area contributed by atoms with Crippen LogP contribution in [0.5, 0.6) is 0 Å². The maximum absolute atomic E-state index is 11.5. The highest BCUT2D eigenvalue weighted by Gasteiger charge is 2.27. The Bertz CT molecular complexity index is 397. The Morgan fingerprint density at radius 1 is 1.50 bits per heavy atom. The number of carbonyl (C=O) groups excluding carboxylic acids is 1. The van der Waals surface area contributed by atoms with Gasteiger partial charge in [0.25, 0.3) is 0 Å². The highest BCUT2D eigenvalue weighted by Crippen LogP contribution is 2.37. The van der Waals surface area contributed by atoms with E-state index in [1.54, 1.807) is 6.33 Å². The number of nitrogens with zero attached hydrogens (tertiary/aromatic N) is 3. The molecule has 86 valence electrons. The second kappa shape index (κ2) is 4.08. The van der Waals surface area contributed by atoms with Crippen LogP contribution in [0.15, 0.2) is 11.5 Å². The van der Waals surface area contributed by atoms with Gasteiger partial charge in [0.05, 0.1) is 5.75 Å². The summed E-state index contributed by atoms with van der Waals surface area (Å²) in [6.07, 6.45) is 6.45. The van der Waals surface area contributed by atoms with Crippen LogP contribution in [0.2, 0.25) is 0 Å². The zero-order chi connectivity index (χ0) is 11.0. The van der Waals surface area contributed by atoms with E-state index in [1.807, 2.05) is 0 Å². The van der Waals surface area contributed by atoms with Crippen molar-refractivity contribution in [3.8, 4) is 0 Å². The SMILES string of the molecule is O=C(CSc1nncn1C1CC1)NC1CC1. The monoisotopic (exact) mass is 238 g/mol. The van der Waals surface area contributed by atoms with Gasteiger partial charge in [0.1, 0.15) is 6.33 Å². The Hall–Kier alpha value is -1.04. The van der Waals surface area contributed by atoms with Crippen molar-refractivity contribution in [2.24, 2.45) is 0 Å². The highest BCUT2D eigenvalue weighted by molar-refractivity contribution is 7.99. The summed E-state index contributed by atoms with van der Waals surface area (Å²) in [5.74, 6) is 0.555. The molecule has 5 nitrogen and oxygen atoms in total. The second-order valence-electron chi connectivity index (χ2n) is 4.38. The van der Waals surface area contributed by atoms with Gasteiger partial charge in [-0.05, 0) is 25.7 Å². The van der Waals surface area contributed by atoms with Gasteiger partial charge in [0.2, 0.25) is 5.91 Å². The van der Waals surface area contributed by atoms with Crippen LogP contribution in [-0.4, -0.2) is 32.5 Å². The molecule has 0 unspecified atom stereocenters. The Labute approximate surface area is 98.0 Å². The highest BCUT2D eigenvalue weighted by atomic mass is 32.2. The summed E-state index contributed by atoms with van der Waals surface area (Å²) in [6.45, 7) is 0. The average Bonchev–Trinajstić information content (AvgIpc) is 3.18. The van der Waals surface area contributed by atoms with E-state index in [0.29, 0.717) is 17.8 Å². The number of rotatable bonds is 5. The third-order valence-corrected chi connectivity index (χ3v) is 3.71. The molecular weight excluding hydrogens is 224 g/mol. The number of nitrogens with one attached hydrogen (secondary N) is 1. The standard InChI is InChI=1S/C10H14N4OS/c15-9(12-7-1-2-7)5-16-10-13-11-6-14(10)8-3-4-8/h6-8H,1-5H2,(H,12,15). The molecule has 1 N–H and O–H groups in total. The van der Waals surface area contributed by atoms with Crippen molar-refractivity contribution >= 4 is 17.7 Å². The molecule has 1 amide bonds. The van der Waals surface area contributed by atoms with Gasteiger partial charge in [-0.25, -0.2) is 0 Å². The minimum Gasteiger partial charge on any atom is -0.353 e. The molecule has 1 heterocycles. The Balaban J connectivity index is 1.52. The smallest absolute Gasteiger partial charge is 0.230 e. The Kier molecular flexibility index (Phi) is 2.59. The molecule has 0 atom stereocenters. The molecule has 1 aromatic rings. The fourth-order valence-electron chi connectivity index (χ4n) is 1.57. The number of thioether (sulfide) groups is 1. The van der Waals surface area contributed by atoms with Crippen molar-refractivity contribution in [3.05, 3.63) is 6.33 Å². The molecule has 2 saturated carbocycles. The van der Waals surface area contributed by atoms with Crippen LogP contribution in [0.1, 0.15) is 31.7 Å². The maximum atomic E-state index is 11.5. The third-order valence-electron chi connectivity index (χ3n) is 2.76. The first-order chi connectivity index (χ1) is 7.83. The first-order valence-corrected chi connectivity index (χ1v) is 6.63. The quantitative estimate of drug-likeness (QED) is 0.777. The summed E-state index contributed by atoms with van der Waals surface area (Å²) in [5, 5.41) is 11.8. The molecule has 2 aliphatic rings. The van der Waals surface area contributed by atoms with Gasteiger partial charge >= 0.3 is 0 Å². The lowest BCUT2D eigenvalue weighted by atomic mass is 10.6. The molecule has 2 fully saturated rings. The Morgan fingerprint density at radius 3 is 3.00 bits per heavy atom. The molecule has 0 bridgehead atoms. The van der Waals surface area contributed by atoms with E-state index in [4.69, 9.17) is 0 Å².